The minimum atomic E-state index is -4.00. The Morgan fingerprint density at radius 2 is 1.82 bits per heavy atom. The Bertz CT molecular complexity index is 1210. The number of thiazole rings is 1. The number of nitrogens with zero attached hydrogens (tertiary/aromatic N) is 2. The number of hydrogen-bond acceptors (Lipinski definition) is 8. The number of esters is 1. The lowest BCUT2D eigenvalue weighted by atomic mass is 10.3. The fourth-order valence-corrected chi connectivity index (χ4v) is 6.10. The van der Waals surface area contributed by atoms with Gasteiger partial charge in [-0.25, -0.2) is 0 Å². The first-order valence-corrected chi connectivity index (χ1v) is 11.1. The number of carbonyl (C=O) groups excluding carboxylic acids is 1. The molecule has 0 aliphatic carbocycles. The van der Waals surface area contributed by atoms with Gasteiger partial charge in [-0.2, -0.15) is 8.42 Å². The van der Waals surface area contributed by atoms with E-state index in [1.807, 2.05) is 0 Å². The van der Waals surface area contributed by atoms with Crippen LogP contribution in [-0.2, 0) is 26.1 Å². The number of carbonyl (C=O) groups is 1. The molecule has 3 rings (SSSR count). The van der Waals surface area contributed by atoms with Crippen molar-refractivity contribution in [1.82, 2.24) is 4.57 Å². The van der Waals surface area contributed by atoms with Crippen LogP contribution in [0.15, 0.2) is 32.9 Å². The topological polar surface area (TPSA) is 96.2 Å². The van der Waals surface area contributed by atoms with Crippen LogP contribution >= 0.6 is 34.3 Å². The normalized spacial score (nSPS) is 12.4. The molecule has 0 bridgehead atoms. The van der Waals surface area contributed by atoms with Crippen LogP contribution in [-0.4, -0.2) is 40.3 Å². The molecule has 0 radical (unpaired) electrons. The molecule has 0 spiro atoms. The van der Waals surface area contributed by atoms with Gasteiger partial charge in [-0.1, -0.05) is 22.9 Å². The highest BCUT2D eigenvalue weighted by Crippen LogP contribution is 2.33. The highest BCUT2D eigenvalue weighted by molar-refractivity contribution is 7.92. The molecule has 0 saturated heterocycles. The summed E-state index contributed by atoms with van der Waals surface area (Å²) in [6.07, 6.45) is 0. The molecule has 0 unspecified atom stereocenters. The Balaban J connectivity index is 2.28. The van der Waals surface area contributed by atoms with Crippen molar-refractivity contribution in [3.63, 3.8) is 0 Å². The van der Waals surface area contributed by atoms with Crippen molar-refractivity contribution in [3.05, 3.63) is 33.4 Å². The van der Waals surface area contributed by atoms with Crippen LogP contribution in [0.25, 0.3) is 10.2 Å². The molecule has 0 aliphatic heterocycles. The molecule has 2 aromatic heterocycles. The summed E-state index contributed by atoms with van der Waals surface area (Å²) in [6.45, 7) is -0.217. The molecule has 28 heavy (non-hydrogen) atoms. The van der Waals surface area contributed by atoms with Crippen molar-refractivity contribution in [1.29, 1.82) is 0 Å². The number of benzene rings is 1. The lowest BCUT2D eigenvalue weighted by Crippen LogP contribution is -2.22. The number of hydrogen-bond donors (Lipinski definition) is 0. The van der Waals surface area contributed by atoms with Crippen molar-refractivity contribution in [2.45, 2.75) is 10.8 Å². The number of sulfonamides is 1. The van der Waals surface area contributed by atoms with Gasteiger partial charge in [0.05, 0.1) is 35.9 Å². The van der Waals surface area contributed by atoms with Gasteiger partial charge in [-0.3, -0.25) is 4.79 Å². The maximum atomic E-state index is 12.7. The van der Waals surface area contributed by atoms with E-state index >= 15 is 0 Å². The van der Waals surface area contributed by atoms with Gasteiger partial charge in [-0.05, 0) is 12.1 Å². The van der Waals surface area contributed by atoms with E-state index in [-0.39, 0.29) is 15.6 Å². The molecule has 150 valence electrons. The molecule has 3 aromatic rings. The van der Waals surface area contributed by atoms with Gasteiger partial charge in [0.1, 0.15) is 10.8 Å². The maximum absolute atomic E-state index is 12.7. The predicted molar refractivity (Wildman–Crippen MR) is 107 cm³/mol. The second-order valence-corrected chi connectivity index (χ2v) is 9.90. The van der Waals surface area contributed by atoms with Crippen LogP contribution in [0.3, 0.4) is 0 Å². The molecule has 12 heteroatoms. The van der Waals surface area contributed by atoms with Gasteiger partial charge in [0.15, 0.2) is 11.5 Å². The molecular formula is C16H15ClN2O6S3. The highest BCUT2D eigenvalue weighted by atomic mass is 35.5. The lowest BCUT2D eigenvalue weighted by molar-refractivity contribution is -0.141. The zero-order valence-corrected chi connectivity index (χ0v) is 18.2. The van der Waals surface area contributed by atoms with Gasteiger partial charge in [0.2, 0.25) is 4.80 Å². The largest absolute Gasteiger partial charge is 0.493 e. The standard InChI is InChI=1S/C16H15ClN2O6S3/c1-23-10-6-9-12(7-11(10)24-2)26-16(19(9)8-14(20)25-3)18-28(21,22)15-5-4-13(17)27-15/h4-7H,8H2,1-3H3/b18-16-. The Morgan fingerprint density at radius 1 is 1.14 bits per heavy atom. The van der Waals surface area contributed by atoms with E-state index in [9.17, 15) is 13.2 Å². The number of rotatable bonds is 6. The number of halogens is 1. The molecule has 0 N–H and O–H groups in total. The van der Waals surface area contributed by atoms with E-state index < -0.39 is 16.0 Å². The Kier molecular flexibility index (Phi) is 5.98. The summed E-state index contributed by atoms with van der Waals surface area (Å²) in [4.78, 5) is 12.0. The lowest BCUT2D eigenvalue weighted by Gasteiger charge is -2.09. The number of ether oxygens (including phenoxy) is 3. The summed E-state index contributed by atoms with van der Waals surface area (Å²) in [7, 11) is 0.229. The Morgan fingerprint density at radius 3 is 2.39 bits per heavy atom. The zero-order chi connectivity index (χ0) is 20.5. The van der Waals surface area contributed by atoms with Crippen molar-refractivity contribution in [3.8, 4) is 11.5 Å². The molecular weight excluding hydrogens is 448 g/mol. The van der Waals surface area contributed by atoms with E-state index in [2.05, 4.69) is 4.40 Å². The maximum Gasteiger partial charge on any atom is 0.325 e. The fourth-order valence-electron chi connectivity index (χ4n) is 2.40. The smallest absolute Gasteiger partial charge is 0.325 e. The van der Waals surface area contributed by atoms with E-state index in [4.69, 9.17) is 25.8 Å². The molecule has 0 amide bonds. The van der Waals surface area contributed by atoms with E-state index in [1.165, 1.54) is 38.0 Å². The number of thiophene rings is 1. The average molecular weight is 463 g/mol. The van der Waals surface area contributed by atoms with Crippen molar-refractivity contribution in [2.75, 3.05) is 21.3 Å². The summed E-state index contributed by atoms with van der Waals surface area (Å²) in [5.74, 6) is 0.360. The summed E-state index contributed by atoms with van der Waals surface area (Å²) in [5, 5.41) is 0. The molecule has 1 aromatic carbocycles. The van der Waals surface area contributed by atoms with Gasteiger partial charge in [-0.15, -0.1) is 15.7 Å². The molecule has 0 saturated carbocycles. The summed E-state index contributed by atoms with van der Waals surface area (Å²) >= 11 is 7.84. The predicted octanol–water partition coefficient (Wildman–Crippen LogP) is 2.90. The van der Waals surface area contributed by atoms with Gasteiger partial charge in [0.25, 0.3) is 10.0 Å². The molecule has 0 atom stereocenters. The zero-order valence-electron chi connectivity index (χ0n) is 15.0. The van der Waals surface area contributed by atoms with Gasteiger partial charge in [0, 0.05) is 12.1 Å². The Labute approximate surface area is 173 Å². The van der Waals surface area contributed by atoms with Crippen LogP contribution in [0.1, 0.15) is 0 Å². The van der Waals surface area contributed by atoms with Gasteiger partial charge >= 0.3 is 5.97 Å². The third-order valence-corrected chi connectivity index (χ3v) is 7.83. The quantitative estimate of drug-likeness (QED) is 0.522. The van der Waals surface area contributed by atoms with Crippen LogP contribution < -0.4 is 14.3 Å². The van der Waals surface area contributed by atoms with E-state index in [0.717, 1.165) is 22.7 Å². The van der Waals surface area contributed by atoms with Crippen molar-refractivity contribution in [2.24, 2.45) is 4.40 Å². The third kappa shape index (κ3) is 4.02. The van der Waals surface area contributed by atoms with Gasteiger partial charge < -0.3 is 18.8 Å². The first-order valence-electron chi connectivity index (χ1n) is 7.67. The summed E-state index contributed by atoms with van der Waals surface area (Å²) in [6, 6.07) is 6.22. The second kappa shape index (κ2) is 8.11. The second-order valence-electron chi connectivity index (χ2n) is 5.35. The molecule has 0 aliphatic rings. The Hall–Kier alpha value is -2.08. The summed E-state index contributed by atoms with van der Waals surface area (Å²) < 4.78 is 47.0. The van der Waals surface area contributed by atoms with Crippen LogP contribution in [0.4, 0.5) is 0 Å². The number of fused-ring (bicyclic) bond motifs is 1. The average Bonchev–Trinajstić information content (AvgIpc) is 3.24. The minimum Gasteiger partial charge on any atom is -0.493 e. The van der Waals surface area contributed by atoms with Crippen LogP contribution in [0.5, 0.6) is 11.5 Å². The fraction of sp³-hybridized carbons (Fsp3) is 0.250. The van der Waals surface area contributed by atoms with Crippen molar-refractivity contribution >= 4 is 60.5 Å². The molecule has 8 nitrogen and oxygen atoms in total. The SMILES string of the molecule is COC(=O)Cn1/c(=N/S(=O)(=O)c2ccc(Cl)s2)sc2cc(OC)c(OC)cc21. The highest BCUT2D eigenvalue weighted by Gasteiger charge is 2.19. The minimum absolute atomic E-state index is 0.00901. The van der Waals surface area contributed by atoms with E-state index in [1.54, 1.807) is 12.1 Å². The molecule has 2 heterocycles. The van der Waals surface area contributed by atoms with Crippen molar-refractivity contribution < 1.29 is 27.4 Å². The summed E-state index contributed by atoms with van der Waals surface area (Å²) in [5.41, 5.74) is 0.561. The van der Waals surface area contributed by atoms with E-state index in [0.29, 0.717) is 26.1 Å². The van der Waals surface area contributed by atoms with Crippen LogP contribution in [0, 0.1) is 0 Å². The number of methoxy groups -OCH3 is 3. The number of aromatic nitrogens is 1. The first-order chi connectivity index (χ1) is 13.3. The molecule has 0 fully saturated rings. The van der Waals surface area contributed by atoms with Crippen LogP contribution in [0.2, 0.25) is 4.34 Å². The monoisotopic (exact) mass is 462 g/mol. The first kappa shape index (κ1) is 20.6. The third-order valence-electron chi connectivity index (χ3n) is 3.70.